The highest BCUT2D eigenvalue weighted by atomic mass is 16.3. The van der Waals surface area contributed by atoms with Gasteiger partial charge in [0.1, 0.15) is 5.58 Å². The highest BCUT2D eigenvalue weighted by Crippen LogP contribution is 2.42. The summed E-state index contributed by atoms with van der Waals surface area (Å²) in [6.07, 6.45) is 0. The molecule has 0 bridgehead atoms. The van der Waals surface area contributed by atoms with Crippen molar-refractivity contribution >= 4 is 76.3 Å². The molecule has 11 aromatic rings. The van der Waals surface area contributed by atoms with Gasteiger partial charge in [-0.25, -0.2) is 0 Å². The van der Waals surface area contributed by atoms with Crippen LogP contribution in [0, 0.1) is 0 Å². The lowest BCUT2D eigenvalue weighted by molar-refractivity contribution is 0.666. The maximum absolute atomic E-state index is 6.60. The molecule has 49 heavy (non-hydrogen) atoms. The van der Waals surface area contributed by atoms with E-state index in [0.717, 1.165) is 33.1 Å². The molecule has 8 aromatic carbocycles. The summed E-state index contributed by atoms with van der Waals surface area (Å²) in [7, 11) is 0. The number of aromatic nitrogens is 2. The van der Waals surface area contributed by atoms with Gasteiger partial charge in [0.2, 0.25) is 0 Å². The number of hydrogen-bond acceptors (Lipinski definition) is 1. The Balaban J connectivity index is 1.19. The minimum absolute atomic E-state index is 0.903. The minimum Gasteiger partial charge on any atom is -0.454 e. The van der Waals surface area contributed by atoms with E-state index < -0.39 is 0 Å². The van der Waals surface area contributed by atoms with Crippen LogP contribution in [0.25, 0.3) is 98.8 Å². The van der Waals surface area contributed by atoms with Crippen LogP contribution < -0.4 is 0 Å². The van der Waals surface area contributed by atoms with Crippen molar-refractivity contribution in [3.63, 3.8) is 0 Å². The average molecular weight is 625 g/mol. The van der Waals surface area contributed by atoms with E-state index in [4.69, 9.17) is 4.42 Å². The van der Waals surface area contributed by atoms with Gasteiger partial charge in [-0.05, 0) is 71.1 Å². The quantitative estimate of drug-likeness (QED) is 0.192. The Morgan fingerprint density at radius 2 is 1.00 bits per heavy atom. The first-order chi connectivity index (χ1) is 24.3. The van der Waals surface area contributed by atoms with E-state index in [-0.39, 0.29) is 0 Å². The molecular formula is C46H28N2O. The second-order valence-electron chi connectivity index (χ2n) is 12.9. The van der Waals surface area contributed by atoms with E-state index in [2.05, 4.69) is 173 Å². The highest BCUT2D eigenvalue weighted by Gasteiger charge is 2.20. The number of fused-ring (bicyclic) bond motifs is 11. The Morgan fingerprint density at radius 3 is 1.84 bits per heavy atom. The van der Waals surface area contributed by atoms with Crippen LogP contribution in [-0.4, -0.2) is 9.13 Å². The van der Waals surface area contributed by atoms with Crippen LogP contribution in [0.2, 0.25) is 0 Å². The molecule has 0 aliphatic rings. The Hall–Kier alpha value is -6.58. The standard InChI is InChI=1S/C46H28N2O/c1-2-12-32(13-3-1)47-40-18-8-6-15-34(40)38-27-30(22-25-41(38)47)31-23-26-42-39(28-31)36-24-21-29-11-4-5-14-33(29)45(36)48(42)43-19-10-17-37-35-16-7-9-20-44(35)49-46(37)43/h1-28H. The Morgan fingerprint density at radius 1 is 0.367 bits per heavy atom. The fourth-order valence-corrected chi connectivity index (χ4v) is 8.13. The molecule has 0 aliphatic heterocycles. The summed E-state index contributed by atoms with van der Waals surface area (Å²) in [6.45, 7) is 0. The lowest BCUT2D eigenvalue weighted by Gasteiger charge is -2.11. The summed E-state index contributed by atoms with van der Waals surface area (Å²) in [6, 6.07) is 61.3. The van der Waals surface area contributed by atoms with Crippen molar-refractivity contribution in [1.29, 1.82) is 0 Å². The van der Waals surface area contributed by atoms with E-state index >= 15 is 0 Å². The van der Waals surface area contributed by atoms with Crippen molar-refractivity contribution < 1.29 is 4.42 Å². The van der Waals surface area contributed by atoms with Gasteiger partial charge in [-0.15, -0.1) is 0 Å². The molecular weight excluding hydrogens is 597 g/mol. The van der Waals surface area contributed by atoms with Crippen LogP contribution in [0.3, 0.4) is 0 Å². The van der Waals surface area contributed by atoms with Crippen LogP contribution in [0.4, 0.5) is 0 Å². The molecule has 0 radical (unpaired) electrons. The molecule has 0 aliphatic carbocycles. The van der Waals surface area contributed by atoms with Gasteiger partial charge in [0.25, 0.3) is 0 Å². The molecule has 0 amide bonds. The SMILES string of the molecule is c1ccc(-n2c3ccccc3c3cc(-c4ccc5c(c4)c4ccc6ccccc6c4n5-c4cccc5c4oc4ccccc45)ccc32)cc1. The number of rotatable bonds is 3. The van der Waals surface area contributed by atoms with Crippen molar-refractivity contribution in [2.75, 3.05) is 0 Å². The first-order valence-electron chi connectivity index (χ1n) is 16.8. The van der Waals surface area contributed by atoms with Crippen LogP contribution in [0.1, 0.15) is 0 Å². The average Bonchev–Trinajstić information content (AvgIpc) is 3.82. The topological polar surface area (TPSA) is 23.0 Å². The molecule has 0 saturated carbocycles. The number of para-hydroxylation sites is 4. The van der Waals surface area contributed by atoms with Gasteiger partial charge in [0.05, 0.1) is 27.8 Å². The van der Waals surface area contributed by atoms with E-state index in [1.165, 1.54) is 65.7 Å². The van der Waals surface area contributed by atoms with Gasteiger partial charge in [0.15, 0.2) is 5.58 Å². The Labute approximate surface area is 281 Å². The van der Waals surface area contributed by atoms with E-state index in [9.17, 15) is 0 Å². The van der Waals surface area contributed by atoms with Crippen molar-refractivity contribution in [3.05, 3.63) is 170 Å². The molecule has 3 heterocycles. The predicted octanol–water partition coefficient (Wildman–Crippen LogP) is 12.6. The van der Waals surface area contributed by atoms with Gasteiger partial charge in [-0.3, -0.25) is 0 Å². The third kappa shape index (κ3) is 3.73. The number of benzene rings is 8. The summed E-state index contributed by atoms with van der Waals surface area (Å²) in [4.78, 5) is 0. The molecule has 3 aromatic heterocycles. The Kier molecular flexibility index (Phi) is 5.38. The zero-order chi connectivity index (χ0) is 32.1. The molecule has 0 fully saturated rings. The first-order valence-corrected chi connectivity index (χ1v) is 16.8. The largest absolute Gasteiger partial charge is 0.454 e. The molecule has 0 unspecified atom stereocenters. The second kappa shape index (κ2) is 9.96. The van der Waals surface area contributed by atoms with E-state index in [1.54, 1.807) is 0 Å². The fraction of sp³-hybridized carbons (Fsp3) is 0. The molecule has 3 heteroatoms. The van der Waals surface area contributed by atoms with Crippen LogP contribution in [0.5, 0.6) is 0 Å². The summed E-state index contributed by atoms with van der Waals surface area (Å²) >= 11 is 0. The van der Waals surface area contributed by atoms with Crippen molar-refractivity contribution in [3.8, 4) is 22.5 Å². The molecule has 0 atom stereocenters. The summed E-state index contributed by atoms with van der Waals surface area (Å²) in [5.74, 6) is 0. The molecule has 0 spiro atoms. The normalized spacial score (nSPS) is 12.1. The smallest absolute Gasteiger partial charge is 0.159 e. The third-order valence-electron chi connectivity index (χ3n) is 10.3. The Bertz CT molecular complexity index is 3100. The third-order valence-corrected chi connectivity index (χ3v) is 10.3. The minimum atomic E-state index is 0.903. The summed E-state index contributed by atoms with van der Waals surface area (Å²) < 4.78 is 11.4. The van der Waals surface area contributed by atoms with Gasteiger partial charge in [-0.1, -0.05) is 115 Å². The number of nitrogens with zero attached hydrogens (tertiary/aromatic N) is 2. The first kappa shape index (κ1) is 26.5. The van der Waals surface area contributed by atoms with Crippen molar-refractivity contribution in [2.45, 2.75) is 0 Å². The number of hydrogen-bond donors (Lipinski definition) is 0. The second-order valence-corrected chi connectivity index (χ2v) is 12.9. The molecule has 228 valence electrons. The van der Waals surface area contributed by atoms with Gasteiger partial charge >= 0.3 is 0 Å². The van der Waals surface area contributed by atoms with E-state index in [1.807, 2.05) is 6.07 Å². The van der Waals surface area contributed by atoms with Gasteiger partial charge < -0.3 is 13.6 Å². The predicted molar refractivity (Wildman–Crippen MR) is 205 cm³/mol. The van der Waals surface area contributed by atoms with Gasteiger partial charge in [0, 0.05) is 43.4 Å². The van der Waals surface area contributed by atoms with Crippen LogP contribution >= 0.6 is 0 Å². The molecule has 3 nitrogen and oxygen atoms in total. The molecule has 11 rings (SSSR count). The zero-order valence-corrected chi connectivity index (χ0v) is 26.5. The van der Waals surface area contributed by atoms with Crippen molar-refractivity contribution in [1.82, 2.24) is 9.13 Å². The molecule has 0 N–H and O–H groups in total. The highest BCUT2D eigenvalue weighted by molar-refractivity contribution is 6.20. The fourth-order valence-electron chi connectivity index (χ4n) is 8.13. The van der Waals surface area contributed by atoms with Crippen LogP contribution in [-0.2, 0) is 0 Å². The maximum Gasteiger partial charge on any atom is 0.159 e. The zero-order valence-electron chi connectivity index (χ0n) is 26.5. The van der Waals surface area contributed by atoms with Gasteiger partial charge in [-0.2, -0.15) is 0 Å². The van der Waals surface area contributed by atoms with Crippen molar-refractivity contribution in [2.24, 2.45) is 0 Å². The summed E-state index contributed by atoms with van der Waals surface area (Å²) in [5.41, 5.74) is 11.2. The summed E-state index contributed by atoms with van der Waals surface area (Å²) in [5, 5.41) is 9.66. The lowest BCUT2D eigenvalue weighted by atomic mass is 10.00. The molecule has 0 saturated heterocycles. The maximum atomic E-state index is 6.60. The van der Waals surface area contributed by atoms with E-state index in [0.29, 0.717) is 0 Å². The monoisotopic (exact) mass is 624 g/mol. The number of furan rings is 1. The van der Waals surface area contributed by atoms with Crippen LogP contribution in [0.15, 0.2) is 174 Å². The lowest BCUT2D eigenvalue weighted by Crippen LogP contribution is -1.95.